The second kappa shape index (κ2) is 5.72. The van der Waals surface area contributed by atoms with E-state index in [2.05, 4.69) is 0 Å². The van der Waals surface area contributed by atoms with Crippen LogP contribution in [0.15, 0.2) is 48.5 Å². The molecule has 0 amide bonds. The van der Waals surface area contributed by atoms with Crippen LogP contribution >= 0.6 is 11.6 Å². The molecule has 2 rings (SSSR count). The number of rotatable bonds is 4. The smallest absolute Gasteiger partial charge is 0.131 e. The Balaban J connectivity index is 2.31. The van der Waals surface area contributed by atoms with E-state index in [0.29, 0.717) is 17.9 Å². The summed E-state index contributed by atoms with van der Waals surface area (Å²) in [5.74, 6) is 0.144. The van der Waals surface area contributed by atoms with E-state index < -0.39 is 5.60 Å². The number of alkyl halides is 1. The van der Waals surface area contributed by atoms with Crippen LogP contribution in [0.3, 0.4) is 0 Å². The summed E-state index contributed by atoms with van der Waals surface area (Å²) < 4.78 is 13.7. The third-order valence-electron chi connectivity index (χ3n) is 3.27. The van der Waals surface area contributed by atoms with Crippen LogP contribution in [-0.2, 0) is 5.60 Å². The monoisotopic (exact) mass is 278 g/mol. The molecular formula is C16H16ClFO. The number of benzene rings is 2. The van der Waals surface area contributed by atoms with Crippen molar-refractivity contribution in [1.82, 2.24) is 0 Å². The van der Waals surface area contributed by atoms with Crippen LogP contribution in [0, 0.1) is 5.82 Å². The van der Waals surface area contributed by atoms with Crippen LogP contribution in [0.25, 0.3) is 11.1 Å². The molecule has 1 N–H and O–H groups in total. The van der Waals surface area contributed by atoms with Crippen molar-refractivity contribution in [3.63, 3.8) is 0 Å². The van der Waals surface area contributed by atoms with Gasteiger partial charge in [0.05, 0.1) is 5.60 Å². The van der Waals surface area contributed by atoms with E-state index in [1.807, 2.05) is 24.3 Å². The lowest BCUT2D eigenvalue weighted by Crippen LogP contribution is -2.21. The Morgan fingerprint density at radius 3 is 2.32 bits per heavy atom. The van der Waals surface area contributed by atoms with Gasteiger partial charge in [0, 0.05) is 11.4 Å². The summed E-state index contributed by atoms with van der Waals surface area (Å²) in [5, 5.41) is 10.2. The van der Waals surface area contributed by atoms with Crippen molar-refractivity contribution < 1.29 is 9.50 Å². The molecule has 0 saturated carbocycles. The van der Waals surface area contributed by atoms with Gasteiger partial charge in [0.1, 0.15) is 5.82 Å². The first-order chi connectivity index (χ1) is 9.04. The first-order valence-corrected chi connectivity index (χ1v) is 6.72. The molecule has 100 valence electrons. The molecule has 0 saturated heterocycles. The Morgan fingerprint density at radius 1 is 1.11 bits per heavy atom. The minimum absolute atomic E-state index is 0.247. The molecule has 3 heteroatoms. The molecule has 0 aliphatic carbocycles. The summed E-state index contributed by atoms with van der Waals surface area (Å²) in [6, 6.07) is 13.9. The van der Waals surface area contributed by atoms with E-state index in [-0.39, 0.29) is 5.82 Å². The van der Waals surface area contributed by atoms with Gasteiger partial charge >= 0.3 is 0 Å². The molecule has 19 heavy (non-hydrogen) atoms. The van der Waals surface area contributed by atoms with Gasteiger partial charge in [0.15, 0.2) is 0 Å². The van der Waals surface area contributed by atoms with Gasteiger partial charge in [0.2, 0.25) is 0 Å². The highest BCUT2D eigenvalue weighted by atomic mass is 35.5. The summed E-state index contributed by atoms with van der Waals surface area (Å²) in [5.41, 5.74) is 1.19. The fraction of sp³-hybridized carbons (Fsp3) is 0.250. The fourth-order valence-electron chi connectivity index (χ4n) is 2.03. The zero-order valence-corrected chi connectivity index (χ0v) is 11.5. The predicted octanol–water partition coefficient (Wildman–Crippen LogP) is 4.33. The van der Waals surface area contributed by atoms with Crippen LogP contribution in [0.5, 0.6) is 0 Å². The molecule has 0 heterocycles. The lowest BCUT2D eigenvalue weighted by Gasteiger charge is -2.23. The van der Waals surface area contributed by atoms with Gasteiger partial charge in [-0.25, -0.2) is 4.39 Å². The summed E-state index contributed by atoms with van der Waals surface area (Å²) in [4.78, 5) is 0. The molecule has 0 aliphatic rings. The molecule has 0 fully saturated rings. The van der Waals surface area contributed by atoms with Crippen molar-refractivity contribution in [3.8, 4) is 11.1 Å². The highest BCUT2D eigenvalue weighted by Crippen LogP contribution is 2.28. The molecular weight excluding hydrogens is 263 g/mol. The van der Waals surface area contributed by atoms with E-state index in [9.17, 15) is 9.50 Å². The molecule has 1 nitrogen and oxygen atoms in total. The largest absolute Gasteiger partial charge is 0.385 e. The van der Waals surface area contributed by atoms with Crippen LogP contribution in [0.2, 0.25) is 0 Å². The first-order valence-electron chi connectivity index (χ1n) is 6.18. The lowest BCUT2D eigenvalue weighted by molar-refractivity contribution is 0.0540. The number of aliphatic hydroxyl groups is 1. The summed E-state index contributed by atoms with van der Waals surface area (Å²) in [6.07, 6.45) is 0.480. The second-order valence-electron chi connectivity index (χ2n) is 4.77. The van der Waals surface area contributed by atoms with Crippen molar-refractivity contribution in [2.45, 2.75) is 18.9 Å². The van der Waals surface area contributed by atoms with Crippen molar-refractivity contribution >= 4 is 11.6 Å². The van der Waals surface area contributed by atoms with Gasteiger partial charge in [0.25, 0.3) is 0 Å². The Bertz CT molecular complexity index is 549. The SMILES string of the molecule is CC(O)(CCCl)c1ccc(-c2ccccc2F)cc1. The zero-order chi connectivity index (χ0) is 13.9. The Hall–Kier alpha value is -1.38. The topological polar surface area (TPSA) is 20.2 Å². The number of halogens is 2. The van der Waals surface area contributed by atoms with Gasteiger partial charge in [-0.15, -0.1) is 11.6 Å². The minimum Gasteiger partial charge on any atom is -0.385 e. The Morgan fingerprint density at radius 2 is 1.74 bits per heavy atom. The summed E-state index contributed by atoms with van der Waals surface area (Å²) in [7, 11) is 0. The molecule has 1 unspecified atom stereocenters. The quantitative estimate of drug-likeness (QED) is 0.826. The average Bonchev–Trinajstić information content (AvgIpc) is 2.39. The fourth-order valence-corrected chi connectivity index (χ4v) is 2.40. The van der Waals surface area contributed by atoms with Crippen molar-refractivity contribution in [2.75, 3.05) is 5.88 Å². The standard InChI is InChI=1S/C16H16ClFO/c1-16(19,10-11-17)13-8-6-12(7-9-13)14-4-2-3-5-15(14)18/h2-9,19H,10-11H2,1H3. The van der Waals surface area contributed by atoms with E-state index >= 15 is 0 Å². The van der Waals surface area contributed by atoms with E-state index in [1.165, 1.54) is 6.07 Å². The molecule has 0 aliphatic heterocycles. The summed E-state index contributed by atoms with van der Waals surface area (Å²) in [6.45, 7) is 1.73. The number of hydrogen-bond acceptors (Lipinski definition) is 1. The maximum Gasteiger partial charge on any atom is 0.131 e. The van der Waals surface area contributed by atoms with Gasteiger partial charge in [-0.3, -0.25) is 0 Å². The first kappa shape index (κ1) is 14.0. The third-order valence-corrected chi connectivity index (χ3v) is 3.46. The minimum atomic E-state index is -0.949. The highest BCUT2D eigenvalue weighted by Gasteiger charge is 2.22. The molecule has 0 bridgehead atoms. The van der Waals surface area contributed by atoms with Gasteiger partial charge in [-0.2, -0.15) is 0 Å². The predicted molar refractivity (Wildman–Crippen MR) is 76.7 cm³/mol. The van der Waals surface area contributed by atoms with E-state index in [1.54, 1.807) is 25.1 Å². The second-order valence-corrected chi connectivity index (χ2v) is 5.15. The molecule has 0 radical (unpaired) electrons. The maximum absolute atomic E-state index is 13.7. The number of hydrogen-bond donors (Lipinski definition) is 1. The summed E-state index contributed by atoms with van der Waals surface area (Å²) >= 11 is 5.67. The molecule has 2 aromatic rings. The third kappa shape index (κ3) is 3.14. The normalized spacial score (nSPS) is 14.1. The zero-order valence-electron chi connectivity index (χ0n) is 10.7. The van der Waals surface area contributed by atoms with Crippen molar-refractivity contribution in [3.05, 3.63) is 59.9 Å². The maximum atomic E-state index is 13.7. The van der Waals surface area contributed by atoms with Gasteiger partial charge in [-0.05, 0) is 30.5 Å². The highest BCUT2D eigenvalue weighted by molar-refractivity contribution is 6.17. The molecule has 2 aromatic carbocycles. The lowest BCUT2D eigenvalue weighted by atomic mass is 9.91. The van der Waals surface area contributed by atoms with E-state index in [4.69, 9.17) is 11.6 Å². The molecule has 0 aromatic heterocycles. The van der Waals surface area contributed by atoms with Gasteiger partial charge < -0.3 is 5.11 Å². The van der Waals surface area contributed by atoms with Gasteiger partial charge in [-0.1, -0.05) is 42.5 Å². The van der Waals surface area contributed by atoms with Crippen LogP contribution < -0.4 is 0 Å². The average molecular weight is 279 g/mol. The van der Waals surface area contributed by atoms with Crippen molar-refractivity contribution in [2.24, 2.45) is 0 Å². The molecule has 0 spiro atoms. The molecule has 1 atom stereocenters. The van der Waals surface area contributed by atoms with E-state index in [0.717, 1.165) is 11.1 Å². The van der Waals surface area contributed by atoms with Crippen LogP contribution in [0.4, 0.5) is 4.39 Å². The van der Waals surface area contributed by atoms with Crippen LogP contribution in [0.1, 0.15) is 18.9 Å². The van der Waals surface area contributed by atoms with Crippen LogP contribution in [-0.4, -0.2) is 11.0 Å². The van der Waals surface area contributed by atoms with Crippen molar-refractivity contribution in [1.29, 1.82) is 0 Å². The Labute approximate surface area is 117 Å². The Kier molecular flexibility index (Phi) is 4.23.